The van der Waals surface area contributed by atoms with Crippen LogP contribution in [0.15, 0.2) is 48.5 Å². The van der Waals surface area contributed by atoms with Gasteiger partial charge in [-0.1, -0.05) is 11.6 Å². The van der Waals surface area contributed by atoms with Crippen LogP contribution in [-0.4, -0.2) is 20.1 Å². The predicted molar refractivity (Wildman–Crippen MR) is 88.7 cm³/mol. The van der Waals surface area contributed by atoms with E-state index in [0.29, 0.717) is 16.5 Å². The highest BCUT2D eigenvalue weighted by Crippen LogP contribution is 2.23. The Labute approximate surface area is 134 Å². The van der Waals surface area contributed by atoms with Gasteiger partial charge >= 0.3 is 0 Å². The Kier molecular flexibility index (Phi) is 5.44. The van der Waals surface area contributed by atoms with Crippen LogP contribution >= 0.6 is 11.6 Å². The smallest absolute Gasteiger partial charge is 0.248 e. The highest BCUT2D eigenvalue weighted by molar-refractivity contribution is 6.30. The molecule has 0 radical (unpaired) electrons. The standard InChI is InChI=1S/C17H16ClNO3/c1-21-15-7-5-14(6-8-15)19-17(20)10-3-12-11-13(18)4-9-16(12)22-2/h3-11H,1-2H3,(H,19,20)/b10-3+. The molecule has 22 heavy (non-hydrogen) atoms. The van der Waals surface area contributed by atoms with Crippen molar-refractivity contribution in [1.82, 2.24) is 0 Å². The summed E-state index contributed by atoms with van der Waals surface area (Å²) in [4.78, 5) is 11.9. The lowest BCUT2D eigenvalue weighted by Gasteiger charge is -2.05. The fourth-order valence-electron chi connectivity index (χ4n) is 1.86. The Morgan fingerprint density at radius 2 is 1.82 bits per heavy atom. The monoisotopic (exact) mass is 317 g/mol. The molecule has 4 nitrogen and oxygen atoms in total. The van der Waals surface area contributed by atoms with Crippen molar-refractivity contribution >= 4 is 29.3 Å². The van der Waals surface area contributed by atoms with Gasteiger partial charge in [-0.25, -0.2) is 0 Å². The molecule has 0 fully saturated rings. The molecule has 0 heterocycles. The first-order valence-electron chi connectivity index (χ1n) is 6.59. The third-order valence-corrected chi connectivity index (χ3v) is 3.20. The summed E-state index contributed by atoms with van der Waals surface area (Å²) in [5.41, 5.74) is 1.42. The van der Waals surface area contributed by atoms with E-state index in [2.05, 4.69) is 5.32 Å². The van der Waals surface area contributed by atoms with Crippen molar-refractivity contribution < 1.29 is 14.3 Å². The van der Waals surface area contributed by atoms with Crippen LogP contribution in [0.2, 0.25) is 5.02 Å². The Morgan fingerprint density at radius 1 is 1.09 bits per heavy atom. The molecular weight excluding hydrogens is 302 g/mol. The first-order valence-corrected chi connectivity index (χ1v) is 6.97. The zero-order chi connectivity index (χ0) is 15.9. The molecule has 0 aliphatic rings. The lowest BCUT2D eigenvalue weighted by molar-refractivity contribution is -0.111. The third kappa shape index (κ3) is 4.27. The highest BCUT2D eigenvalue weighted by Gasteiger charge is 2.02. The van der Waals surface area contributed by atoms with E-state index < -0.39 is 0 Å². The fourth-order valence-corrected chi connectivity index (χ4v) is 2.04. The predicted octanol–water partition coefficient (Wildman–Crippen LogP) is 4.01. The Balaban J connectivity index is 2.06. The molecule has 0 aliphatic heterocycles. The number of halogens is 1. The maximum absolute atomic E-state index is 11.9. The molecule has 0 aliphatic carbocycles. The molecule has 2 aromatic rings. The quantitative estimate of drug-likeness (QED) is 0.848. The van der Waals surface area contributed by atoms with Gasteiger partial charge in [0.1, 0.15) is 11.5 Å². The van der Waals surface area contributed by atoms with Gasteiger partial charge in [0.25, 0.3) is 0 Å². The van der Waals surface area contributed by atoms with E-state index >= 15 is 0 Å². The lowest BCUT2D eigenvalue weighted by Crippen LogP contribution is -2.07. The second kappa shape index (κ2) is 7.52. The van der Waals surface area contributed by atoms with Gasteiger partial charge in [0.2, 0.25) is 5.91 Å². The van der Waals surface area contributed by atoms with Gasteiger partial charge in [-0.05, 0) is 48.5 Å². The van der Waals surface area contributed by atoms with Crippen LogP contribution in [0, 0.1) is 0 Å². The SMILES string of the molecule is COc1ccc(NC(=O)/C=C/c2cc(Cl)ccc2OC)cc1. The number of hydrogen-bond acceptors (Lipinski definition) is 3. The van der Waals surface area contributed by atoms with E-state index in [1.54, 1.807) is 62.8 Å². The highest BCUT2D eigenvalue weighted by atomic mass is 35.5. The molecule has 2 aromatic carbocycles. The van der Waals surface area contributed by atoms with Crippen LogP contribution in [0.4, 0.5) is 5.69 Å². The lowest BCUT2D eigenvalue weighted by atomic mass is 10.2. The number of amides is 1. The van der Waals surface area contributed by atoms with Crippen LogP contribution in [0.5, 0.6) is 11.5 Å². The first kappa shape index (κ1) is 15.9. The average Bonchev–Trinajstić information content (AvgIpc) is 2.54. The zero-order valence-corrected chi connectivity index (χ0v) is 13.1. The Morgan fingerprint density at radius 3 is 2.45 bits per heavy atom. The van der Waals surface area contributed by atoms with Crippen LogP contribution in [0.25, 0.3) is 6.08 Å². The summed E-state index contributed by atoms with van der Waals surface area (Å²) in [6, 6.07) is 12.3. The number of benzene rings is 2. The summed E-state index contributed by atoms with van der Waals surface area (Å²) in [5, 5.41) is 3.34. The van der Waals surface area contributed by atoms with Crippen molar-refractivity contribution in [2.75, 3.05) is 19.5 Å². The van der Waals surface area contributed by atoms with Crippen molar-refractivity contribution in [2.24, 2.45) is 0 Å². The van der Waals surface area contributed by atoms with E-state index in [1.807, 2.05) is 0 Å². The van der Waals surface area contributed by atoms with Crippen LogP contribution in [0.1, 0.15) is 5.56 Å². The van der Waals surface area contributed by atoms with Gasteiger partial charge in [0, 0.05) is 22.3 Å². The minimum absolute atomic E-state index is 0.243. The molecule has 0 saturated carbocycles. The average molecular weight is 318 g/mol. The number of rotatable bonds is 5. The fraction of sp³-hybridized carbons (Fsp3) is 0.118. The number of hydrogen-bond donors (Lipinski definition) is 1. The Hall–Kier alpha value is -2.46. The minimum atomic E-state index is -0.243. The maximum Gasteiger partial charge on any atom is 0.248 e. The molecule has 0 bridgehead atoms. The number of carbonyl (C=O) groups is 1. The van der Waals surface area contributed by atoms with Crippen LogP contribution in [-0.2, 0) is 4.79 Å². The van der Waals surface area contributed by atoms with E-state index in [0.717, 1.165) is 11.3 Å². The van der Waals surface area contributed by atoms with Gasteiger partial charge in [-0.3, -0.25) is 4.79 Å². The van der Waals surface area contributed by atoms with Crippen molar-refractivity contribution in [3.63, 3.8) is 0 Å². The van der Waals surface area contributed by atoms with Crippen molar-refractivity contribution in [3.05, 3.63) is 59.1 Å². The third-order valence-electron chi connectivity index (χ3n) is 2.96. The van der Waals surface area contributed by atoms with Gasteiger partial charge in [-0.2, -0.15) is 0 Å². The van der Waals surface area contributed by atoms with Crippen LogP contribution in [0.3, 0.4) is 0 Å². The molecule has 0 unspecified atom stereocenters. The van der Waals surface area contributed by atoms with Gasteiger partial charge in [0.15, 0.2) is 0 Å². The number of ether oxygens (including phenoxy) is 2. The molecule has 0 aromatic heterocycles. The van der Waals surface area contributed by atoms with E-state index in [-0.39, 0.29) is 5.91 Å². The van der Waals surface area contributed by atoms with Gasteiger partial charge < -0.3 is 14.8 Å². The first-order chi connectivity index (χ1) is 10.6. The van der Waals surface area contributed by atoms with E-state index in [1.165, 1.54) is 6.08 Å². The van der Waals surface area contributed by atoms with Crippen molar-refractivity contribution in [1.29, 1.82) is 0 Å². The molecule has 5 heteroatoms. The number of methoxy groups -OCH3 is 2. The molecule has 0 atom stereocenters. The van der Waals surface area contributed by atoms with E-state index in [9.17, 15) is 4.79 Å². The Bertz CT molecular complexity index is 681. The molecule has 0 spiro atoms. The second-order valence-corrected chi connectivity index (χ2v) is 4.87. The molecular formula is C17H16ClNO3. The largest absolute Gasteiger partial charge is 0.497 e. The number of carbonyl (C=O) groups excluding carboxylic acids is 1. The molecule has 114 valence electrons. The van der Waals surface area contributed by atoms with Crippen molar-refractivity contribution in [3.8, 4) is 11.5 Å². The number of anilines is 1. The number of nitrogens with one attached hydrogen (secondary N) is 1. The van der Waals surface area contributed by atoms with E-state index in [4.69, 9.17) is 21.1 Å². The summed E-state index contributed by atoms with van der Waals surface area (Å²) >= 11 is 5.95. The molecule has 2 rings (SSSR count). The van der Waals surface area contributed by atoms with Gasteiger partial charge in [0.05, 0.1) is 14.2 Å². The van der Waals surface area contributed by atoms with Crippen molar-refractivity contribution in [2.45, 2.75) is 0 Å². The van der Waals surface area contributed by atoms with Gasteiger partial charge in [-0.15, -0.1) is 0 Å². The van der Waals surface area contributed by atoms with Crippen LogP contribution < -0.4 is 14.8 Å². The normalized spacial score (nSPS) is 10.5. The molecule has 1 N–H and O–H groups in total. The molecule has 0 saturated heterocycles. The minimum Gasteiger partial charge on any atom is -0.497 e. The topological polar surface area (TPSA) is 47.6 Å². The summed E-state index contributed by atoms with van der Waals surface area (Å²) < 4.78 is 10.3. The summed E-state index contributed by atoms with van der Waals surface area (Å²) in [6.45, 7) is 0. The summed E-state index contributed by atoms with van der Waals surface area (Å²) in [7, 11) is 3.16. The summed E-state index contributed by atoms with van der Waals surface area (Å²) in [6.07, 6.45) is 3.09. The zero-order valence-electron chi connectivity index (χ0n) is 12.3. The second-order valence-electron chi connectivity index (χ2n) is 4.44. The summed E-state index contributed by atoms with van der Waals surface area (Å²) in [5.74, 6) is 1.14. The molecule has 1 amide bonds. The maximum atomic E-state index is 11.9.